The molecular weight excluding hydrogens is 400 g/mol. The van der Waals surface area contributed by atoms with Crippen LogP contribution in [-0.2, 0) is 0 Å². The van der Waals surface area contributed by atoms with Crippen molar-refractivity contribution in [2.75, 3.05) is 0 Å². The highest BCUT2D eigenvalue weighted by atomic mass is 16.3. The fourth-order valence-electron chi connectivity index (χ4n) is 7.13. The third kappa shape index (κ3) is 8.60. The molecule has 0 heterocycles. The summed E-state index contributed by atoms with van der Waals surface area (Å²) >= 11 is 0. The van der Waals surface area contributed by atoms with E-state index in [1.807, 2.05) is 0 Å². The van der Waals surface area contributed by atoms with E-state index >= 15 is 0 Å². The molecule has 2 unspecified atom stereocenters. The molecule has 0 spiro atoms. The van der Waals surface area contributed by atoms with Crippen molar-refractivity contribution in [1.29, 1.82) is 0 Å². The van der Waals surface area contributed by atoms with Crippen LogP contribution in [0.5, 0.6) is 0 Å². The van der Waals surface area contributed by atoms with Crippen molar-refractivity contribution in [1.82, 2.24) is 0 Å². The lowest BCUT2D eigenvalue weighted by Crippen LogP contribution is -2.57. The van der Waals surface area contributed by atoms with Gasteiger partial charge >= 0.3 is 0 Å². The van der Waals surface area contributed by atoms with Crippen LogP contribution in [0.1, 0.15) is 176 Å². The average Bonchev–Trinajstić information content (AvgIpc) is 2.82. The Balaban J connectivity index is 3.03. The van der Waals surface area contributed by atoms with Crippen molar-refractivity contribution in [2.45, 2.75) is 181 Å². The maximum atomic E-state index is 12.4. The van der Waals surface area contributed by atoms with Crippen LogP contribution in [0, 0.1) is 22.7 Å². The van der Waals surface area contributed by atoms with Crippen LogP contribution in [0.25, 0.3) is 0 Å². The van der Waals surface area contributed by atoms with Crippen molar-refractivity contribution in [2.24, 2.45) is 10.8 Å². The monoisotopic (exact) mass is 460 g/mol. The Bertz CT molecular complexity index is 536. The molecule has 0 aromatic rings. The smallest absolute Gasteiger partial charge is 0.131 e. The lowest BCUT2D eigenvalue weighted by Gasteiger charge is -2.58. The van der Waals surface area contributed by atoms with Gasteiger partial charge in [0.25, 0.3) is 0 Å². The van der Waals surface area contributed by atoms with E-state index < -0.39 is 5.60 Å². The van der Waals surface area contributed by atoms with Gasteiger partial charge < -0.3 is 5.11 Å². The summed E-state index contributed by atoms with van der Waals surface area (Å²) in [5.41, 5.74) is -0.684. The van der Waals surface area contributed by atoms with Gasteiger partial charge in [-0.05, 0) is 56.8 Å². The second kappa shape index (κ2) is 17.0. The number of hydrogen-bond acceptors (Lipinski definition) is 1. The number of unbranched alkanes of at least 4 members (excludes halogenated alkanes) is 11. The summed E-state index contributed by atoms with van der Waals surface area (Å²) in [5.74, 6) is 6.99. The Morgan fingerprint density at radius 3 is 1.79 bits per heavy atom. The summed E-state index contributed by atoms with van der Waals surface area (Å²) in [6, 6.07) is 0. The summed E-state index contributed by atoms with van der Waals surface area (Å²) in [4.78, 5) is 0. The third-order valence-corrected chi connectivity index (χ3v) is 9.37. The number of rotatable bonds is 19. The van der Waals surface area contributed by atoms with E-state index in [9.17, 15) is 5.11 Å². The molecule has 1 nitrogen and oxygen atoms in total. The van der Waals surface area contributed by atoms with Gasteiger partial charge in [-0.25, -0.2) is 0 Å². The highest BCUT2D eigenvalue weighted by Crippen LogP contribution is 2.60. The van der Waals surface area contributed by atoms with Crippen LogP contribution in [-0.4, -0.2) is 10.7 Å². The summed E-state index contributed by atoms with van der Waals surface area (Å²) in [6.45, 7) is 11.7. The van der Waals surface area contributed by atoms with Crippen LogP contribution < -0.4 is 0 Å². The van der Waals surface area contributed by atoms with E-state index in [2.05, 4.69) is 46.5 Å². The summed E-state index contributed by atoms with van der Waals surface area (Å²) in [6.07, 6.45) is 27.3. The van der Waals surface area contributed by atoms with Crippen LogP contribution in [0.3, 0.4) is 0 Å². The molecule has 0 bridgehead atoms. The second-order valence-electron chi connectivity index (χ2n) is 11.2. The van der Waals surface area contributed by atoms with Crippen LogP contribution in [0.2, 0.25) is 0 Å². The predicted molar refractivity (Wildman–Crippen MR) is 148 cm³/mol. The molecule has 0 saturated carbocycles. The molecule has 0 aliphatic heterocycles. The van der Waals surface area contributed by atoms with Crippen molar-refractivity contribution < 1.29 is 5.11 Å². The normalized spacial score (nSPS) is 23.6. The Kier molecular flexibility index (Phi) is 15.8. The Labute approximate surface area is 209 Å². The van der Waals surface area contributed by atoms with Gasteiger partial charge in [0.2, 0.25) is 0 Å². The van der Waals surface area contributed by atoms with Gasteiger partial charge in [-0.2, -0.15) is 0 Å². The molecule has 1 aliphatic carbocycles. The standard InChI is InChI=1S/C32H60O/c1-6-11-13-15-17-18-22-26-30(8-3,9-4)31(10-5)27-23-20-21-25-29-32(31,33)28-24-19-16-14-12-7-2/h33H,6-24,26-28H2,1-5H3. The zero-order valence-corrected chi connectivity index (χ0v) is 23.5. The summed E-state index contributed by atoms with van der Waals surface area (Å²) in [7, 11) is 0. The lowest BCUT2D eigenvalue weighted by atomic mass is 9.48. The third-order valence-electron chi connectivity index (χ3n) is 9.37. The second-order valence-corrected chi connectivity index (χ2v) is 11.2. The Hall–Kier alpha value is -0.480. The minimum atomic E-state index is -0.819. The molecule has 194 valence electrons. The zero-order chi connectivity index (χ0) is 24.5. The molecule has 1 rings (SSSR count). The quantitative estimate of drug-likeness (QED) is 0.150. The van der Waals surface area contributed by atoms with Gasteiger partial charge in [0.15, 0.2) is 0 Å². The molecule has 1 aliphatic rings. The van der Waals surface area contributed by atoms with Crippen molar-refractivity contribution in [3.05, 3.63) is 0 Å². The van der Waals surface area contributed by atoms with Crippen LogP contribution >= 0.6 is 0 Å². The van der Waals surface area contributed by atoms with Gasteiger partial charge in [0.1, 0.15) is 5.60 Å². The molecule has 0 saturated heterocycles. The van der Waals surface area contributed by atoms with Crippen molar-refractivity contribution in [3.63, 3.8) is 0 Å². The minimum absolute atomic E-state index is 0.0669. The van der Waals surface area contributed by atoms with Gasteiger partial charge in [0.05, 0.1) is 0 Å². The zero-order valence-electron chi connectivity index (χ0n) is 23.5. The van der Waals surface area contributed by atoms with Gasteiger partial charge in [-0.1, -0.05) is 124 Å². The van der Waals surface area contributed by atoms with Crippen LogP contribution in [0.15, 0.2) is 0 Å². The largest absolute Gasteiger partial charge is 0.377 e. The first-order valence-electron chi connectivity index (χ1n) is 15.2. The first-order chi connectivity index (χ1) is 16.0. The SMILES string of the molecule is CCCCCCCCCC(CC)(CC)C1(CC)CCCCC#CC1(O)CCCCCCCC. The highest BCUT2D eigenvalue weighted by Gasteiger charge is 2.58. The Morgan fingerprint density at radius 2 is 1.24 bits per heavy atom. The number of hydrogen-bond donors (Lipinski definition) is 1. The molecule has 0 fully saturated rings. The molecule has 1 N–H and O–H groups in total. The topological polar surface area (TPSA) is 20.2 Å². The van der Waals surface area contributed by atoms with Gasteiger partial charge in [-0.15, -0.1) is 5.92 Å². The van der Waals surface area contributed by atoms with Gasteiger partial charge in [-0.3, -0.25) is 0 Å². The summed E-state index contributed by atoms with van der Waals surface area (Å²) in [5, 5.41) is 12.4. The van der Waals surface area contributed by atoms with Crippen molar-refractivity contribution in [3.8, 4) is 11.8 Å². The molecule has 0 aromatic carbocycles. The van der Waals surface area contributed by atoms with E-state index in [0.717, 1.165) is 32.1 Å². The Morgan fingerprint density at radius 1 is 0.697 bits per heavy atom. The van der Waals surface area contributed by atoms with E-state index in [1.54, 1.807) is 0 Å². The maximum Gasteiger partial charge on any atom is 0.131 e. The fourth-order valence-corrected chi connectivity index (χ4v) is 7.13. The first-order valence-corrected chi connectivity index (χ1v) is 15.2. The molecular formula is C32H60O. The number of aliphatic hydroxyl groups is 1. The molecule has 0 aromatic heterocycles. The molecule has 0 radical (unpaired) electrons. The van der Waals surface area contributed by atoms with Crippen LogP contribution in [0.4, 0.5) is 0 Å². The van der Waals surface area contributed by atoms with E-state index in [4.69, 9.17) is 0 Å². The summed E-state index contributed by atoms with van der Waals surface area (Å²) < 4.78 is 0. The van der Waals surface area contributed by atoms with E-state index in [1.165, 1.54) is 109 Å². The lowest BCUT2D eigenvalue weighted by molar-refractivity contribution is -0.145. The fraction of sp³-hybridized carbons (Fsp3) is 0.938. The minimum Gasteiger partial charge on any atom is -0.377 e. The predicted octanol–water partition coefficient (Wildman–Crippen LogP) is 10.4. The molecule has 33 heavy (non-hydrogen) atoms. The van der Waals surface area contributed by atoms with E-state index in [0.29, 0.717) is 0 Å². The highest BCUT2D eigenvalue weighted by molar-refractivity contribution is 5.24. The molecule has 1 heteroatoms. The maximum absolute atomic E-state index is 12.4. The average molecular weight is 461 g/mol. The van der Waals surface area contributed by atoms with E-state index in [-0.39, 0.29) is 10.8 Å². The molecule has 2 atom stereocenters. The van der Waals surface area contributed by atoms with Crippen molar-refractivity contribution >= 4 is 0 Å². The molecule has 0 amide bonds. The first kappa shape index (κ1) is 30.6. The van der Waals surface area contributed by atoms with Gasteiger partial charge in [0, 0.05) is 11.8 Å².